The van der Waals surface area contributed by atoms with Gasteiger partial charge in [0.15, 0.2) is 23.1 Å². The molecule has 0 saturated carbocycles. The van der Waals surface area contributed by atoms with Crippen molar-refractivity contribution in [1.29, 1.82) is 0 Å². The number of aryl methyl sites for hydroxylation is 1. The summed E-state index contributed by atoms with van der Waals surface area (Å²) >= 11 is 0. The van der Waals surface area contributed by atoms with Crippen molar-refractivity contribution in [3.63, 3.8) is 0 Å². The van der Waals surface area contributed by atoms with Crippen LogP contribution in [-0.4, -0.2) is 40.3 Å². The lowest BCUT2D eigenvalue weighted by Crippen LogP contribution is -2.15. The number of nitrogens with one attached hydrogen (secondary N) is 1. The molecular formula is C15H12FN9O. The summed E-state index contributed by atoms with van der Waals surface area (Å²) in [7, 11) is 1.73. The highest BCUT2D eigenvalue weighted by Crippen LogP contribution is 2.26. The lowest BCUT2D eigenvalue weighted by molar-refractivity contribution is 0.102. The van der Waals surface area contributed by atoms with Gasteiger partial charge in [-0.25, -0.2) is 23.6 Å². The summed E-state index contributed by atoms with van der Waals surface area (Å²) in [5, 5.41) is 10.7. The molecule has 3 N–H and O–H groups in total. The van der Waals surface area contributed by atoms with Gasteiger partial charge in [0.1, 0.15) is 11.9 Å². The van der Waals surface area contributed by atoms with Gasteiger partial charge >= 0.3 is 0 Å². The maximum absolute atomic E-state index is 13.3. The van der Waals surface area contributed by atoms with E-state index in [9.17, 15) is 9.18 Å². The molecule has 0 saturated heterocycles. The maximum Gasteiger partial charge on any atom is 0.263 e. The maximum atomic E-state index is 13.3. The van der Waals surface area contributed by atoms with Crippen LogP contribution in [0.1, 0.15) is 10.4 Å². The first-order valence-electron chi connectivity index (χ1n) is 7.43. The second-order valence-corrected chi connectivity index (χ2v) is 5.38. The number of halogens is 1. The quantitative estimate of drug-likeness (QED) is 0.559. The van der Waals surface area contributed by atoms with Crippen LogP contribution in [0.15, 0.2) is 37.2 Å². The second kappa shape index (κ2) is 5.88. The van der Waals surface area contributed by atoms with E-state index < -0.39 is 11.7 Å². The Bertz CT molecular complexity index is 1130. The third-order valence-electron chi connectivity index (χ3n) is 3.72. The summed E-state index contributed by atoms with van der Waals surface area (Å²) in [5.41, 5.74) is 7.04. The number of nitrogens with two attached hydrogens (primary N) is 1. The van der Waals surface area contributed by atoms with Gasteiger partial charge in [-0.2, -0.15) is 5.10 Å². The van der Waals surface area contributed by atoms with Crippen molar-refractivity contribution in [2.75, 3.05) is 11.1 Å². The predicted molar refractivity (Wildman–Crippen MR) is 89.5 cm³/mol. The molecule has 0 aliphatic carbocycles. The van der Waals surface area contributed by atoms with Crippen molar-refractivity contribution in [2.24, 2.45) is 7.05 Å². The van der Waals surface area contributed by atoms with Crippen LogP contribution in [0, 0.1) is 5.82 Å². The van der Waals surface area contributed by atoms with E-state index in [1.165, 1.54) is 12.5 Å². The predicted octanol–water partition coefficient (Wildman–Crippen LogP) is 0.893. The van der Waals surface area contributed by atoms with Crippen molar-refractivity contribution < 1.29 is 9.18 Å². The molecule has 4 aromatic rings. The molecule has 11 heteroatoms. The number of carbonyl (C=O) groups excluding carboxylic acids is 1. The number of anilines is 2. The van der Waals surface area contributed by atoms with Gasteiger partial charge in [-0.3, -0.25) is 9.78 Å². The number of nitrogen functional groups attached to an aromatic ring is 1. The Morgan fingerprint density at radius 2 is 2.15 bits per heavy atom. The van der Waals surface area contributed by atoms with Crippen LogP contribution in [0.5, 0.6) is 0 Å². The molecule has 0 fully saturated rings. The van der Waals surface area contributed by atoms with Crippen molar-refractivity contribution >= 4 is 23.1 Å². The van der Waals surface area contributed by atoms with Gasteiger partial charge in [0.05, 0.1) is 24.3 Å². The molecule has 0 atom stereocenters. The summed E-state index contributed by atoms with van der Waals surface area (Å²) < 4.78 is 16.0. The second-order valence-electron chi connectivity index (χ2n) is 5.38. The number of carbonyl (C=O) groups is 1. The Hall–Kier alpha value is -3.89. The van der Waals surface area contributed by atoms with Gasteiger partial charge in [-0.05, 0) is 6.07 Å². The average Bonchev–Trinajstić information content (AvgIpc) is 3.17. The first-order valence-corrected chi connectivity index (χ1v) is 7.43. The van der Waals surface area contributed by atoms with E-state index in [-0.39, 0.29) is 17.0 Å². The van der Waals surface area contributed by atoms with Crippen molar-refractivity contribution in [3.05, 3.63) is 48.6 Å². The monoisotopic (exact) mass is 353 g/mol. The first kappa shape index (κ1) is 15.6. The van der Waals surface area contributed by atoms with Crippen LogP contribution < -0.4 is 11.1 Å². The van der Waals surface area contributed by atoms with Crippen molar-refractivity contribution in [3.8, 4) is 11.4 Å². The fourth-order valence-electron chi connectivity index (χ4n) is 2.56. The molecule has 1 amide bonds. The molecule has 0 aliphatic rings. The number of hydrogen-bond acceptors (Lipinski definition) is 7. The van der Waals surface area contributed by atoms with E-state index >= 15 is 0 Å². The summed E-state index contributed by atoms with van der Waals surface area (Å²) in [6, 6.07) is 1.70. The normalized spacial score (nSPS) is 11.0. The van der Waals surface area contributed by atoms with Gasteiger partial charge in [0.2, 0.25) is 0 Å². The Labute approximate surface area is 145 Å². The van der Waals surface area contributed by atoms with Crippen LogP contribution in [-0.2, 0) is 7.05 Å². The Balaban J connectivity index is 1.75. The highest BCUT2D eigenvalue weighted by Gasteiger charge is 2.21. The number of pyridine rings is 1. The fourth-order valence-corrected chi connectivity index (χ4v) is 2.56. The molecule has 0 aromatic carbocycles. The molecule has 4 heterocycles. The van der Waals surface area contributed by atoms with E-state index in [1.807, 2.05) is 0 Å². The number of fused-ring (bicyclic) bond motifs is 1. The molecule has 0 bridgehead atoms. The van der Waals surface area contributed by atoms with Crippen molar-refractivity contribution in [1.82, 2.24) is 34.3 Å². The van der Waals surface area contributed by atoms with Gasteiger partial charge in [0.25, 0.3) is 5.91 Å². The van der Waals surface area contributed by atoms with Crippen LogP contribution >= 0.6 is 0 Å². The fraction of sp³-hybridized carbons (Fsp3) is 0.0667. The van der Waals surface area contributed by atoms with E-state index in [0.29, 0.717) is 17.1 Å². The molecule has 130 valence electrons. The van der Waals surface area contributed by atoms with E-state index in [0.717, 1.165) is 16.9 Å². The van der Waals surface area contributed by atoms with Gasteiger partial charge in [-0.1, -0.05) is 0 Å². The third-order valence-corrected chi connectivity index (χ3v) is 3.72. The molecule has 0 spiro atoms. The highest BCUT2D eigenvalue weighted by atomic mass is 19.1. The minimum absolute atomic E-state index is 0.0396. The zero-order valence-corrected chi connectivity index (χ0v) is 13.5. The van der Waals surface area contributed by atoms with E-state index in [2.05, 4.69) is 30.5 Å². The van der Waals surface area contributed by atoms with Crippen LogP contribution in [0.2, 0.25) is 0 Å². The molecule has 10 nitrogen and oxygen atoms in total. The number of amides is 1. The zero-order chi connectivity index (χ0) is 18.3. The largest absolute Gasteiger partial charge is 0.381 e. The summed E-state index contributed by atoms with van der Waals surface area (Å²) in [6.07, 6.45) is 6.54. The topological polar surface area (TPSA) is 129 Å². The van der Waals surface area contributed by atoms with Gasteiger partial charge < -0.3 is 11.1 Å². The minimum atomic E-state index is -0.594. The van der Waals surface area contributed by atoms with E-state index in [1.54, 1.807) is 24.0 Å². The zero-order valence-electron chi connectivity index (χ0n) is 13.5. The Morgan fingerprint density at radius 1 is 1.31 bits per heavy atom. The summed E-state index contributed by atoms with van der Waals surface area (Å²) in [6.45, 7) is 0. The van der Waals surface area contributed by atoms with Crippen molar-refractivity contribution in [2.45, 2.75) is 0 Å². The van der Waals surface area contributed by atoms with Gasteiger partial charge in [0, 0.05) is 18.8 Å². The molecule has 0 unspecified atom stereocenters. The molecular weight excluding hydrogens is 341 g/mol. The minimum Gasteiger partial charge on any atom is -0.381 e. The molecule has 4 rings (SSSR count). The smallest absolute Gasteiger partial charge is 0.263 e. The lowest BCUT2D eigenvalue weighted by atomic mass is 10.2. The number of rotatable bonds is 3. The SMILES string of the molecule is Cn1ncnc1-c1ccncc1NC(=O)c1c(N)nn2cc(F)cnc12. The molecule has 4 aromatic heterocycles. The number of hydrogen-bond donors (Lipinski definition) is 2. The summed E-state index contributed by atoms with van der Waals surface area (Å²) in [5.74, 6) is -0.655. The van der Waals surface area contributed by atoms with Crippen LogP contribution in [0.25, 0.3) is 17.0 Å². The number of aromatic nitrogens is 7. The Kier molecular flexibility index (Phi) is 3.53. The van der Waals surface area contributed by atoms with Crippen LogP contribution in [0.4, 0.5) is 15.9 Å². The standard InChI is InChI=1S/C15H12FN9O/c1-24-13(20-7-21-24)9-2-3-18-5-10(9)22-15(26)11-12(17)23-25-6-8(16)4-19-14(11)25/h2-7H,1H3,(H2,17,23)(H,22,26). The molecule has 0 aliphatic heterocycles. The van der Waals surface area contributed by atoms with E-state index in [4.69, 9.17) is 5.73 Å². The molecule has 0 radical (unpaired) electrons. The average molecular weight is 353 g/mol. The Morgan fingerprint density at radius 3 is 2.92 bits per heavy atom. The molecule has 26 heavy (non-hydrogen) atoms. The van der Waals surface area contributed by atoms with Gasteiger partial charge in [-0.15, -0.1) is 5.10 Å². The summed E-state index contributed by atoms with van der Waals surface area (Å²) in [4.78, 5) is 24.8. The first-order chi connectivity index (χ1) is 12.5. The highest BCUT2D eigenvalue weighted by molar-refractivity contribution is 6.12. The van der Waals surface area contributed by atoms with Crippen LogP contribution in [0.3, 0.4) is 0 Å². The lowest BCUT2D eigenvalue weighted by Gasteiger charge is -2.09. The number of nitrogens with zero attached hydrogens (tertiary/aromatic N) is 7. The third kappa shape index (κ3) is 2.51.